The number of carbonyl (C=O) groups excluding carboxylic acids is 1. The largest absolute Gasteiger partial charge is 0.347 e. The molecule has 2 N–H and O–H groups in total. The van der Waals surface area contributed by atoms with Crippen molar-refractivity contribution in [3.8, 4) is 0 Å². The molecule has 2 heterocycles. The lowest BCUT2D eigenvalue weighted by Gasteiger charge is -2.09. The van der Waals surface area contributed by atoms with Gasteiger partial charge in [0.1, 0.15) is 0 Å². The van der Waals surface area contributed by atoms with Crippen molar-refractivity contribution >= 4 is 17.2 Å². The molecule has 4 heteroatoms. The van der Waals surface area contributed by atoms with Crippen LogP contribution in [0, 0.1) is 0 Å². The quantitative estimate of drug-likeness (QED) is 0.736. The van der Waals surface area contributed by atoms with Gasteiger partial charge in [-0.2, -0.15) is 0 Å². The van der Waals surface area contributed by atoms with Crippen molar-refractivity contribution in [2.45, 2.75) is 12.5 Å². The molecule has 1 aliphatic rings. The fourth-order valence-corrected chi connectivity index (χ4v) is 2.07. The van der Waals surface area contributed by atoms with Crippen LogP contribution in [0.5, 0.6) is 0 Å². The van der Waals surface area contributed by atoms with Gasteiger partial charge in [-0.05, 0) is 24.4 Å². The SMILES string of the molecule is O=C(N[C@@H]1CCNC1)c1cccs1. The van der Waals surface area contributed by atoms with Crippen LogP contribution in [0.2, 0.25) is 0 Å². The highest BCUT2D eigenvalue weighted by Crippen LogP contribution is 2.09. The molecule has 0 radical (unpaired) electrons. The van der Waals surface area contributed by atoms with Crippen LogP contribution >= 0.6 is 11.3 Å². The standard InChI is InChI=1S/C9H12N2OS/c12-9(8-2-1-5-13-8)11-7-3-4-10-6-7/h1-2,5,7,10H,3-4,6H2,(H,11,12)/t7-/m1/s1. The maximum atomic E-state index is 11.5. The number of thiophene rings is 1. The van der Waals surface area contributed by atoms with E-state index in [9.17, 15) is 4.79 Å². The van der Waals surface area contributed by atoms with E-state index in [2.05, 4.69) is 10.6 Å². The normalized spacial score (nSPS) is 21.7. The van der Waals surface area contributed by atoms with Crippen LogP contribution in [0.3, 0.4) is 0 Å². The maximum Gasteiger partial charge on any atom is 0.261 e. The lowest BCUT2D eigenvalue weighted by molar-refractivity contribution is 0.0944. The summed E-state index contributed by atoms with van der Waals surface area (Å²) in [5.41, 5.74) is 0. The lowest BCUT2D eigenvalue weighted by Crippen LogP contribution is -2.35. The number of nitrogens with one attached hydrogen (secondary N) is 2. The summed E-state index contributed by atoms with van der Waals surface area (Å²) in [7, 11) is 0. The fraction of sp³-hybridized carbons (Fsp3) is 0.444. The van der Waals surface area contributed by atoms with Crippen molar-refractivity contribution in [1.82, 2.24) is 10.6 Å². The molecule has 1 saturated heterocycles. The van der Waals surface area contributed by atoms with Gasteiger partial charge in [0, 0.05) is 12.6 Å². The maximum absolute atomic E-state index is 11.5. The van der Waals surface area contributed by atoms with E-state index in [0.29, 0.717) is 6.04 Å². The van der Waals surface area contributed by atoms with E-state index in [4.69, 9.17) is 0 Å². The summed E-state index contributed by atoms with van der Waals surface area (Å²) in [6.45, 7) is 1.91. The Morgan fingerprint density at radius 1 is 1.69 bits per heavy atom. The third kappa shape index (κ3) is 2.08. The predicted octanol–water partition coefficient (Wildman–Crippen LogP) is 0.840. The first kappa shape index (κ1) is 8.72. The van der Waals surface area contributed by atoms with E-state index < -0.39 is 0 Å². The highest BCUT2D eigenvalue weighted by atomic mass is 32.1. The van der Waals surface area contributed by atoms with Crippen molar-refractivity contribution in [3.63, 3.8) is 0 Å². The fourth-order valence-electron chi connectivity index (χ4n) is 1.44. The van der Waals surface area contributed by atoms with Gasteiger partial charge in [-0.15, -0.1) is 11.3 Å². The molecular weight excluding hydrogens is 184 g/mol. The van der Waals surface area contributed by atoms with Crippen LogP contribution in [0.4, 0.5) is 0 Å². The minimum atomic E-state index is 0.0590. The van der Waals surface area contributed by atoms with Crippen LogP contribution in [-0.2, 0) is 0 Å². The predicted molar refractivity (Wildman–Crippen MR) is 53.1 cm³/mol. The number of carbonyl (C=O) groups is 1. The van der Waals surface area contributed by atoms with Gasteiger partial charge in [-0.1, -0.05) is 6.07 Å². The number of rotatable bonds is 2. The molecule has 0 aliphatic carbocycles. The zero-order chi connectivity index (χ0) is 9.10. The van der Waals surface area contributed by atoms with Crippen molar-refractivity contribution in [2.24, 2.45) is 0 Å². The number of hydrogen-bond acceptors (Lipinski definition) is 3. The second-order valence-electron chi connectivity index (χ2n) is 3.14. The van der Waals surface area contributed by atoms with E-state index >= 15 is 0 Å². The van der Waals surface area contributed by atoms with Gasteiger partial charge < -0.3 is 10.6 Å². The monoisotopic (exact) mass is 196 g/mol. The van der Waals surface area contributed by atoms with Crippen LogP contribution in [-0.4, -0.2) is 25.0 Å². The molecule has 2 rings (SSSR count). The summed E-state index contributed by atoms with van der Waals surface area (Å²) in [5.74, 6) is 0.0590. The molecule has 1 aliphatic heterocycles. The summed E-state index contributed by atoms with van der Waals surface area (Å²) in [4.78, 5) is 12.3. The third-order valence-corrected chi connectivity index (χ3v) is 3.01. The van der Waals surface area contributed by atoms with Gasteiger partial charge in [0.05, 0.1) is 4.88 Å². The highest BCUT2D eigenvalue weighted by molar-refractivity contribution is 7.12. The molecule has 1 amide bonds. The first-order valence-corrected chi connectivity index (χ1v) is 5.29. The summed E-state index contributed by atoms with van der Waals surface area (Å²) < 4.78 is 0. The van der Waals surface area contributed by atoms with Gasteiger partial charge >= 0.3 is 0 Å². The van der Waals surface area contributed by atoms with E-state index in [-0.39, 0.29) is 5.91 Å². The molecular formula is C9H12N2OS. The van der Waals surface area contributed by atoms with Crippen LogP contribution in [0.15, 0.2) is 17.5 Å². The van der Waals surface area contributed by atoms with Gasteiger partial charge in [-0.25, -0.2) is 0 Å². The Hall–Kier alpha value is -0.870. The molecule has 1 aromatic rings. The second kappa shape index (κ2) is 3.89. The van der Waals surface area contributed by atoms with Gasteiger partial charge in [0.2, 0.25) is 0 Å². The minimum Gasteiger partial charge on any atom is -0.347 e. The van der Waals surface area contributed by atoms with E-state index in [1.54, 1.807) is 0 Å². The van der Waals surface area contributed by atoms with Crippen LogP contribution in [0.25, 0.3) is 0 Å². The number of amides is 1. The molecule has 0 spiro atoms. The van der Waals surface area contributed by atoms with E-state index in [1.165, 1.54) is 11.3 Å². The average molecular weight is 196 g/mol. The zero-order valence-corrected chi connectivity index (χ0v) is 8.06. The molecule has 0 aromatic carbocycles. The summed E-state index contributed by atoms with van der Waals surface area (Å²) in [6.07, 6.45) is 1.04. The van der Waals surface area contributed by atoms with Crippen molar-refractivity contribution in [1.29, 1.82) is 0 Å². The number of hydrogen-bond donors (Lipinski definition) is 2. The Kier molecular flexibility index (Phi) is 2.61. The molecule has 13 heavy (non-hydrogen) atoms. The Morgan fingerprint density at radius 2 is 2.62 bits per heavy atom. The van der Waals surface area contributed by atoms with E-state index in [1.807, 2.05) is 17.5 Å². The third-order valence-electron chi connectivity index (χ3n) is 2.14. The Balaban J connectivity index is 1.91. The second-order valence-corrected chi connectivity index (χ2v) is 4.09. The van der Waals surface area contributed by atoms with Crippen LogP contribution in [0.1, 0.15) is 16.1 Å². The molecule has 1 atom stereocenters. The van der Waals surface area contributed by atoms with Gasteiger partial charge in [0.15, 0.2) is 0 Å². The topological polar surface area (TPSA) is 41.1 Å². The first-order chi connectivity index (χ1) is 6.36. The lowest BCUT2D eigenvalue weighted by atomic mass is 10.2. The first-order valence-electron chi connectivity index (χ1n) is 4.41. The van der Waals surface area contributed by atoms with Crippen molar-refractivity contribution < 1.29 is 4.79 Å². The smallest absolute Gasteiger partial charge is 0.261 e. The molecule has 0 unspecified atom stereocenters. The summed E-state index contributed by atoms with van der Waals surface area (Å²) in [5, 5.41) is 8.12. The Labute approximate surface area is 81.2 Å². The Morgan fingerprint density at radius 3 is 3.23 bits per heavy atom. The minimum absolute atomic E-state index is 0.0590. The molecule has 3 nitrogen and oxygen atoms in total. The van der Waals surface area contributed by atoms with Gasteiger partial charge in [-0.3, -0.25) is 4.79 Å². The molecule has 1 fully saturated rings. The van der Waals surface area contributed by atoms with Gasteiger partial charge in [0.25, 0.3) is 5.91 Å². The van der Waals surface area contributed by atoms with E-state index in [0.717, 1.165) is 24.4 Å². The van der Waals surface area contributed by atoms with Crippen molar-refractivity contribution in [3.05, 3.63) is 22.4 Å². The molecule has 70 valence electrons. The van der Waals surface area contributed by atoms with Crippen LogP contribution < -0.4 is 10.6 Å². The molecule has 0 bridgehead atoms. The molecule has 0 saturated carbocycles. The zero-order valence-electron chi connectivity index (χ0n) is 7.25. The molecule has 1 aromatic heterocycles. The Bertz CT molecular complexity index is 278. The summed E-state index contributed by atoms with van der Waals surface area (Å²) >= 11 is 1.48. The van der Waals surface area contributed by atoms with Crippen molar-refractivity contribution in [2.75, 3.05) is 13.1 Å². The highest BCUT2D eigenvalue weighted by Gasteiger charge is 2.17. The average Bonchev–Trinajstić information content (AvgIpc) is 2.74. The summed E-state index contributed by atoms with van der Waals surface area (Å²) in [6, 6.07) is 4.06.